The van der Waals surface area contributed by atoms with Gasteiger partial charge in [-0.3, -0.25) is 10.1 Å². The van der Waals surface area contributed by atoms with E-state index in [1.54, 1.807) is 48.7 Å². The Kier molecular flexibility index (Phi) is 4.44. The molecular formula is C20H11ClIN5O2. The van der Waals surface area contributed by atoms with E-state index in [0.29, 0.717) is 33.3 Å². The van der Waals surface area contributed by atoms with Crippen molar-refractivity contribution in [3.05, 3.63) is 75.0 Å². The maximum Gasteiger partial charge on any atom is 0.258 e. The molecule has 0 saturated carbocycles. The number of hydrogen-bond donors (Lipinski definition) is 1. The van der Waals surface area contributed by atoms with Gasteiger partial charge < -0.3 is 4.42 Å². The number of halogens is 2. The van der Waals surface area contributed by atoms with Crippen LogP contribution in [0.15, 0.2) is 65.3 Å². The first-order valence-electron chi connectivity index (χ1n) is 8.55. The highest BCUT2D eigenvalue weighted by atomic mass is 127. The molecule has 0 radical (unpaired) electrons. The molecule has 5 aromatic rings. The summed E-state index contributed by atoms with van der Waals surface area (Å²) in [6.07, 6.45) is 1.55. The van der Waals surface area contributed by atoms with Crippen molar-refractivity contribution in [1.82, 2.24) is 19.6 Å². The normalized spacial score (nSPS) is 11.2. The van der Waals surface area contributed by atoms with Crippen LogP contribution in [0.1, 0.15) is 10.4 Å². The van der Waals surface area contributed by atoms with Crippen molar-refractivity contribution >= 4 is 62.6 Å². The standard InChI is InChI=1S/C20H11ClIN5O2/c21-12-5-8-15-14(10-12)18-24-17(16-2-1-9-29-16)26-27(18)20(23-15)25-19(28)11-3-6-13(22)7-4-11/h1-10H,(H,23,25,28). The Morgan fingerprint density at radius 3 is 2.69 bits per heavy atom. The largest absolute Gasteiger partial charge is 0.461 e. The summed E-state index contributed by atoms with van der Waals surface area (Å²) in [7, 11) is 0. The smallest absolute Gasteiger partial charge is 0.258 e. The monoisotopic (exact) mass is 515 g/mol. The molecule has 0 fully saturated rings. The summed E-state index contributed by atoms with van der Waals surface area (Å²) in [5.74, 6) is 0.857. The summed E-state index contributed by atoms with van der Waals surface area (Å²) >= 11 is 8.36. The van der Waals surface area contributed by atoms with Gasteiger partial charge >= 0.3 is 0 Å². The zero-order valence-corrected chi connectivity index (χ0v) is 17.5. The fraction of sp³-hybridized carbons (Fsp3) is 0. The van der Waals surface area contributed by atoms with E-state index < -0.39 is 0 Å². The molecule has 5 rings (SSSR count). The molecule has 142 valence electrons. The van der Waals surface area contributed by atoms with Crippen molar-refractivity contribution in [3.8, 4) is 11.6 Å². The predicted molar refractivity (Wildman–Crippen MR) is 118 cm³/mol. The third-order valence-electron chi connectivity index (χ3n) is 4.31. The van der Waals surface area contributed by atoms with Gasteiger partial charge in [-0.1, -0.05) is 11.6 Å². The molecule has 3 aromatic heterocycles. The van der Waals surface area contributed by atoms with E-state index >= 15 is 0 Å². The molecule has 0 spiro atoms. The van der Waals surface area contributed by atoms with Crippen LogP contribution >= 0.6 is 34.2 Å². The number of nitrogens with one attached hydrogen (secondary N) is 1. The van der Waals surface area contributed by atoms with Crippen LogP contribution < -0.4 is 5.32 Å². The fourth-order valence-electron chi connectivity index (χ4n) is 2.95. The van der Waals surface area contributed by atoms with Gasteiger partial charge in [-0.15, -0.1) is 5.10 Å². The van der Waals surface area contributed by atoms with Crippen molar-refractivity contribution in [1.29, 1.82) is 0 Å². The predicted octanol–water partition coefficient (Wildman–Crippen LogP) is 5.05. The van der Waals surface area contributed by atoms with Gasteiger partial charge in [-0.2, -0.15) is 4.52 Å². The number of amides is 1. The van der Waals surface area contributed by atoms with Crippen LogP contribution in [0.3, 0.4) is 0 Å². The van der Waals surface area contributed by atoms with Crippen molar-refractivity contribution < 1.29 is 9.21 Å². The van der Waals surface area contributed by atoms with Crippen LogP contribution in [-0.4, -0.2) is 25.5 Å². The Bertz CT molecular complexity index is 1360. The second-order valence-electron chi connectivity index (χ2n) is 6.21. The van der Waals surface area contributed by atoms with Crippen LogP contribution in [0, 0.1) is 3.57 Å². The van der Waals surface area contributed by atoms with Gasteiger partial charge in [0.25, 0.3) is 5.91 Å². The molecule has 7 nitrogen and oxygen atoms in total. The molecule has 3 heterocycles. The lowest BCUT2D eigenvalue weighted by molar-refractivity contribution is 0.102. The first kappa shape index (κ1) is 18.1. The number of carbonyl (C=O) groups is 1. The van der Waals surface area contributed by atoms with Crippen molar-refractivity contribution in [2.45, 2.75) is 0 Å². The molecule has 29 heavy (non-hydrogen) atoms. The van der Waals surface area contributed by atoms with E-state index in [9.17, 15) is 4.79 Å². The summed E-state index contributed by atoms with van der Waals surface area (Å²) in [6.45, 7) is 0. The molecule has 0 aliphatic heterocycles. The number of fused-ring (bicyclic) bond motifs is 3. The highest BCUT2D eigenvalue weighted by Crippen LogP contribution is 2.26. The Labute approximate surface area is 182 Å². The summed E-state index contributed by atoms with van der Waals surface area (Å²) in [6, 6.07) is 16.0. The number of rotatable bonds is 3. The minimum atomic E-state index is -0.293. The highest BCUT2D eigenvalue weighted by molar-refractivity contribution is 14.1. The molecule has 0 bridgehead atoms. The minimum Gasteiger partial charge on any atom is -0.461 e. The second-order valence-corrected chi connectivity index (χ2v) is 7.89. The lowest BCUT2D eigenvalue weighted by Crippen LogP contribution is -2.16. The Morgan fingerprint density at radius 1 is 1.10 bits per heavy atom. The van der Waals surface area contributed by atoms with Crippen LogP contribution in [0.4, 0.5) is 5.95 Å². The minimum absolute atomic E-state index is 0.253. The number of aromatic nitrogens is 4. The summed E-state index contributed by atoms with van der Waals surface area (Å²) in [5.41, 5.74) is 1.67. The lowest BCUT2D eigenvalue weighted by Gasteiger charge is -2.08. The van der Waals surface area contributed by atoms with Gasteiger partial charge in [0.2, 0.25) is 11.8 Å². The fourth-order valence-corrected chi connectivity index (χ4v) is 3.48. The molecule has 0 aliphatic rings. The molecule has 0 aliphatic carbocycles. The van der Waals surface area contributed by atoms with Crippen molar-refractivity contribution in [2.24, 2.45) is 0 Å². The summed E-state index contributed by atoms with van der Waals surface area (Å²) in [4.78, 5) is 21.9. The van der Waals surface area contributed by atoms with Gasteiger partial charge in [-0.25, -0.2) is 9.97 Å². The Balaban J connectivity index is 1.67. The van der Waals surface area contributed by atoms with E-state index in [4.69, 9.17) is 16.0 Å². The molecule has 0 atom stereocenters. The van der Waals surface area contributed by atoms with E-state index in [2.05, 4.69) is 43.0 Å². The van der Waals surface area contributed by atoms with Crippen LogP contribution in [-0.2, 0) is 0 Å². The first-order valence-corrected chi connectivity index (χ1v) is 10.0. The second kappa shape index (κ2) is 7.12. The summed E-state index contributed by atoms with van der Waals surface area (Å²) < 4.78 is 7.94. The quantitative estimate of drug-likeness (QED) is 0.340. The average Bonchev–Trinajstić information content (AvgIpc) is 3.39. The van der Waals surface area contributed by atoms with E-state index in [1.807, 2.05) is 12.1 Å². The van der Waals surface area contributed by atoms with Crippen LogP contribution in [0.5, 0.6) is 0 Å². The SMILES string of the molecule is O=C(Nc1nc2ccc(Cl)cc2c2nc(-c3ccco3)nn12)c1ccc(I)cc1. The Hall–Kier alpha value is -2.98. The number of hydrogen-bond acceptors (Lipinski definition) is 5. The van der Waals surface area contributed by atoms with E-state index in [0.717, 1.165) is 8.96 Å². The van der Waals surface area contributed by atoms with Gasteiger partial charge in [0, 0.05) is 19.5 Å². The molecule has 1 amide bonds. The third-order valence-corrected chi connectivity index (χ3v) is 5.26. The van der Waals surface area contributed by atoms with E-state index in [1.165, 1.54) is 4.52 Å². The number of nitrogens with zero attached hydrogens (tertiary/aromatic N) is 4. The maximum absolute atomic E-state index is 12.7. The maximum atomic E-state index is 12.7. The van der Waals surface area contributed by atoms with E-state index in [-0.39, 0.29) is 11.9 Å². The summed E-state index contributed by atoms with van der Waals surface area (Å²) in [5, 5.41) is 8.59. The third kappa shape index (κ3) is 3.34. The average molecular weight is 516 g/mol. The molecule has 9 heteroatoms. The number of anilines is 1. The highest BCUT2D eigenvalue weighted by Gasteiger charge is 2.18. The topological polar surface area (TPSA) is 85.3 Å². The van der Waals surface area contributed by atoms with Gasteiger partial charge in [0.15, 0.2) is 11.4 Å². The zero-order valence-electron chi connectivity index (χ0n) is 14.6. The van der Waals surface area contributed by atoms with Gasteiger partial charge in [0.1, 0.15) is 0 Å². The van der Waals surface area contributed by atoms with Crippen LogP contribution in [0.2, 0.25) is 5.02 Å². The molecule has 0 unspecified atom stereocenters. The van der Waals surface area contributed by atoms with Crippen molar-refractivity contribution in [3.63, 3.8) is 0 Å². The van der Waals surface area contributed by atoms with Gasteiger partial charge in [-0.05, 0) is 77.2 Å². The van der Waals surface area contributed by atoms with Crippen molar-refractivity contribution in [2.75, 3.05) is 5.32 Å². The Morgan fingerprint density at radius 2 is 1.93 bits per heavy atom. The molecule has 1 N–H and O–H groups in total. The van der Waals surface area contributed by atoms with Crippen LogP contribution in [0.25, 0.3) is 28.1 Å². The molecule has 0 saturated heterocycles. The van der Waals surface area contributed by atoms with Gasteiger partial charge in [0.05, 0.1) is 11.8 Å². The number of furan rings is 1. The first-order chi connectivity index (χ1) is 14.1. The zero-order chi connectivity index (χ0) is 20.0. The molecular weight excluding hydrogens is 505 g/mol. The lowest BCUT2D eigenvalue weighted by atomic mass is 10.2. The number of carbonyl (C=O) groups excluding carboxylic acids is 1. The molecule has 2 aromatic carbocycles. The number of benzene rings is 2.